The van der Waals surface area contributed by atoms with Crippen molar-refractivity contribution in [2.75, 3.05) is 19.0 Å². The van der Waals surface area contributed by atoms with Crippen LogP contribution in [0.4, 0.5) is 14.5 Å². The van der Waals surface area contributed by atoms with Crippen LogP contribution < -0.4 is 20.1 Å². The second-order valence-corrected chi connectivity index (χ2v) is 7.50. The van der Waals surface area contributed by atoms with Crippen molar-refractivity contribution in [1.29, 1.82) is 0 Å². The summed E-state index contributed by atoms with van der Waals surface area (Å²) < 4.78 is 34.2. The molecule has 0 aliphatic carbocycles. The monoisotopic (exact) mass is 497 g/mol. The van der Waals surface area contributed by atoms with Crippen molar-refractivity contribution in [3.05, 3.63) is 89.5 Å². The third kappa shape index (κ3) is 7.52. The van der Waals surface area contributed by atoms with E-state index in [0.717, 1.165) is 5.56 Å². The fourth-order valence-corrected chi connectivity index (χ4v) is 3.23. The first-order valence-corrected chi connectivity index (χ1v) is 10.9. The number of amides is 2. The Labute approximate surface area is 206 Å². The number of rotatable bonds is 11. The number of para-hydroxylation sites is 1. The van der Waals surface area contributed by atoms with Gasteiger partial charge in [-0.15, -0.1) is 0 Å². The van der Waals surface area contributed by atoms with Crippen molar-refractivity contribution >= 4 is 23.7 Å². The summed E-state index contributed by atoms with van der Waals surface area (Å²) >= 11 is 0. The molecule has 0 bridgehead atoms. The van der Waals surface area contributed by atoms with Gasteiger partial charge in [0.15, 0.2) is 18.1 Å². The van der Waals surface area contributed by atoms with E-state index in [9.17, 15) is 18.4 Å². The Morgan fingerprint density at radius 2 is 1.72 bits per heavy atom. The van der Waals surface area contributed by atoms with Gasteiger partial charge >= 0.3 is 6.61 Å². The van der Waals surface area contributed by atoms with E-state index in [2.05, 4.69) is 20.5 Å². The number of anilines is 1. The zero-order valence-corrected chi connectivity index (χ0v) is 19.6. The second kappa shape index (κ2) is 12.8. The molecule has 2 amide bonds. The number of oxime groups is 1. The summed E-state index contributed by atoms with van der Waals surface area (Å²) in [6.07, 6.45) is 1.29. The minimum absolute atomic E-state index is 0.0912. The van der Waals surface area contributed by atoms with Crippen molar-refractivity contribution in [2.45, 2.75) is 19.6 Å². The highest BCUT2D eigenvalue weighted by Gasteiger charge is 2.16. The van der Waals surface area contributed by atoms with E-state index in [4.69, 9.17) is 9.57 Å². The number of ether oxygens (including phenoxy) is 2. The lowest BCUT2D eigenvalue weighted by atomic mass is 10.1. The van der Waals surface area contributed by atoms with Crippen LogP contribution >= 0.6 is 0 Å². The standard InChI is InChI=1S/C26H25F2N3O5/c1-17(19-8-4-3-5-9-19)30-25(33)20-10-6-7-11-21(20)31-24(32)16-35-29-15-18-12-13-22(36-26(27)28)23(14-18)34-2/h3-15,17,26H,16H2,1-2H3,(H,30,33)(H,31,32)/b29-15-/t17-/m0/s1. The van der Waals surface area contributed by atoms with E-state index >= 15 is 0 Å². The summed E-state index contributed by atoms with van der Waals surface area (Å²) in [5.41, 5.74) is 2.05. The van der Waals surface area contributed by atoms with Crippen molar-refractivity contribution in [1.82, 2.24) is 5.32 Å². The molecular formula is C26H25F2N3O5. The van der Waals surface area contributed by atoms with Crippen LogP contribution in [0, 0.1) is 0 Å². The first kappa shape index (κ1) is 26.1. The van der Waals surface area contributed by atoms with Gasteiger partial charge in [-0.2, -0.15) is 8.78 Å². The first-order chi connectivity index (χ1) is 17.4. The minimum Gasteiger partial charge on any atom is -0.493 e. The van der Waals surface area contributed by atoms with Crippen molar-refractivity contribution in [3.8, 4) is 11.5 Å². The van der Waals surface area contributed by atoms with Crippen LogP contribution in [-0.4, -0.2) is 38.4 Å². The van der Waals surface area contributed by atoms with Gasteiger partial charge in [0.1, 0.15) is 0 Å². The molecule has 0 heterocycles. The smallest absolute Gasteiger partial charge is 0.387 e. The number of methoxy groups -OCH3 is 1. The number of hydrogen-bond acceptors (Lipinski definition) is 6. The first-order valence-electron chi connectivity index (χ1n) is 10.9. The Kier molecular flexibility index (Phi) is 9.33. The average molecular weight is 497 g/mol. The number of nitrogens with zero attached hydrogens (tertiary/aromatic N) is 1. The van der Waals surface area contributed by atoms with Crippen LogP contribution in [-0.2, 0) is 9.63 Å². The third-order valence-corrected chi connectivity index (χ3v) is 4.97. The molecule has 0 aliphatic heterocycles. The van der Waals surface area contributed by atoms with E-state index in [0.29, 0.717) is 16.8 Å². The van der Waals surface area contributed by atoms with Gasteiger partial charge in [0.2, 0.25) is 0 Å². The number of benzene rings is 3. The number of nitrogens with one attached hydrogen (secondary N) is 2. The molecule has 0 saturated heterocycles. The van der Waals surface area contributed by atoms with E-state index in [1.54, 1.807) is 24.3 Å². The molecule has 3 aromatic rings. The van der Waals surface area contributed by atoms with Gasteiger partial charge in [0.05, 0.1) is 30.6 Å². The van der Waals surface area contributed by atoms with E-state index in [1.165, 1.54) is 31.5 Å². The van der Waals surface area contributed by atoms with E-state index in [1.807, 2.05) is 37.3 Å². The van der Waals surface area contributed by atoms with Crippen LogP contribution in [0.2, 0.25) is 0 Å². The highest BCUT2D eigenvalue weighted by Crippen LogP contribution is 2.29. The molecule has 0 unspecified atom stereocenters. The predicted molar refractivity (Wildman–Crippen MR) is 131 cm³/mol. The lowest BCUT2D eigenvalue weighted by Crippen LogP contribution is -2.28. The maximum Gasteiger partial charge on any atom is 0.387 e. The summed E-state index contributed by atoms with van der Waals surface area (Å²) in [4.78, 5) is 30.2. The number of carbonyl (C=O) groups excluding carboxylic acids is 2. The Morgan fingerprint density at radius 1 is 1.00 bits per heavy atom. The number of halogens is 2. The zero-order valence-electron chi connectivity index (χ0n) is 19.6. The average Bonchev–Trinajstić information content (AvgIpc) is 2.87. The van der Waals surface area contributed by atoms with Crippen LogP contribution in [0.1, 0.15) is 34.5 Å². The molecule has 1 atom stereocenters. The molecule has 2 N–H and O–H groups in total. The third-order valence-electron chi connectivity index (χ3n) is 4.97. The normalized spacial score (nSPS) is 11.7. The zero-order chi connectivity index (χ0) is 25.9. The van der Waals surface area contributed by atoms with Crippen LogP contribution in [0.5, 0.6) is 11.5 Å². The SMILES string of the molecule is COc1cc(/C=N\OCC(=O)Nc2ccccc2C(=O)N[C@@H](C)c2ccccc2)ccc1OC(F)F. The second-order valence-electron chi connectivity index (χ2n) is 7.50. The topological polar surface area (TPSA) is 98.3 Å². The summed E-state index contributed by atoms with van der Waals surface area (Å²) in [7, 11) is 1.32. The Balaban J connectivity index is 1.55. The quantitative estimate of drug-likeness (QED) is 0.294. The molecule has 0 saturated carbocycles. The van der Waals surface area contributed by atoms with Gasteiger partial charge in [-0.3, -0.25) is 9.59 Å². The molecule has 0 aromatic heterocycles. The number of hydrogen-bond donors (Lipinski definition) is 2. The maximum atomic E-state index is 12.8. The predicted octanol–water partition coefficient (Wildman–Crippen LogP) is 4.78. The fraction of sp³-hybridized carbons (Fsp3) is 0.192. The van der Waals surface area contributed by atoms with Gasteiger partial charge in [-0.05, 0) is 42.8 Å². The molecule has 0 spiro atoms. The highest BCUT2D eigenvalue weighted by molar-refractivity contribution is 6.04. The van der Waals surface area contributed by atoms with E-state index in [-0.39, 0.29) is 23.4 Å². The molecule has 0 radical (unpaired) electrons. The molecular weight excluding hydrogens is 472 g/mol. The van der Waals surface area contributed by atoms with Gasteiger partial charge in [-0.25, -0.2) is 0 Å². The Bertz CT molecular complexity index is 1210. The van der Waals surface area contributed by atoms with Gasteiger partial charge < -0.3 is 24.9 Å². The summed E-state index contributed by atoms with van der Waals surface area (Å²) in [5.74, 6) is -0.893. The Morgan fingerprint density at radius 3 is 2.44 bits per heavy atom. The number of carbonyl (C=O) groups is 2. The lowest BCUT2D eigenvalue weighted by molar-refractivity contribution is -0.120. The summed E-state index contributed by atoms with van der Waals surface area (Å²) in [6, 6.07) is 20.1. The maximum absolute atomic E-state index is 12.8. The van der Waals surface area contributed by atoms with Crippen LogP contribution in [0.15, 0.2) is 78.0 Å². The minimum atomic E-state index is -2.98. The molecule has 36 heavy (non-hydrogen) atoms. The molecule has 0 fully saturated rings. The molecule has 0 aliphatic rings. The molecule has 8 nitrogen and oxygen atoms in total. The largest absolute Gasteiger partial charge is 0.493 e. The summed E-state index contributed by atoms with van der Waals surface area (Å²) in [5, 5.41) is 9.27. The van der Waals surface area contributed by atoms with Crippen molar-refractivity contribution in [2.24, 2.45) is 5.16 Å². The van der Waals surface area contributed by atoms with Gasteiger partial charge in [0, 0.05) is 5.56 Å². The highest BCUT2D eigenvalue weighted by atomic mass is 19.3. The molecule has 3 aromatic carbocycles. The van der Waals surface area contributed by atoms with E-state index < -0.39 is 19.1 Å². The van der Waals surface area contributed by atoms with Crippen molar-refractivity contribution < 1.29 is 32.7 Å². The Hall–Kier alpha value is -4.47. The summed E-state index contributed by atoms with van der Waals surface area (Å²) in [6.45, 7) is -1.53. The fourth-order valence-electron chi connectivity index (χ4n) is 3.23. The molecule has 188 valence electrons. The van der Waals surface area contributed by atoms with Gasteiger partial charge in [-0.1, -0.05) is 47.6 Å². The number of alkyl halides is 2. The molecule has 10 heteroatoms. The van der Waals surface area contributed by atoms with Gasteiger partial charge in [0.25, 0.3) is 11.8 Å². The van der Waals surface area contributed by atoms with Crippen molar-refractivity contribution in [3.63, 3.8) is 0 Å². The van der Waals surface area contributed by atoms with Crippen LogP contribution in [0.25, 0.3) is 0 Å². The molecule has 3 rings (SSSR count). The lowest BCUT2D eigenvalue weighted by Gasteiger charge is -2.16. The van der Waals surface area contributed by atoms with Crippen LogP contribution in [0.3, 0.4) is 0 Å².